The van der Waals surface area contributed by atoms with Gasteiger partial charge in [-0.1, -0.05) is 214 Å². The highest BCUT2D eigenvalue weighted by Gasteiger charge is 2.35. The Balaban J connectivity index is 1.14. The van der Waals surface area contributed by atoms with Crippen molar-refractivity contribution in [3.05, 3.63) is 266 Å². The molecule has 2 aromatic heterocycles. The monoisotopic (exact) mass is 880 g/mol. The predicted molar refractivity (Wildman–Crippen MR) is 290 cm³/mol. The van der Waals surface area contributed by atoms with Gasteiger partial charge >= 0.3 is 0 Å². The Hall–Kier alpha value is -8.72. The second-order valence-corrected chi connectivity index (χ2v) is 18.8. The van der Waals surface area contributed by atoms with Crippen LogP contribution in [-0.2, 0) is 5.41 Å². The normalized spacial score (nSPS) is 12.6. The molecule has 0 spiro atoms. The summed E-state index contributed by atoms with van der Waals surface area (Å²) in [6, 6.07) is 93.8. The summed E-state index contributed by atoms with van der Waals surface area (Å²) < 4.78 is 4.90. The van der Waals surface area contributed by atoms with Crippen LogP contribution >= 0.6 is 0 Å². The number of hydrogen-bond donors (Lipinski definition) is 0. The van der Waals surface area contributed by atoms with Gasteiger partial charge in [-0.15, -0.1) is 0 Å². The molecule has 10 aromatic carbocycles. The van der Waals surface area contributed by atoms with Crippen molar-refractivity contribution in [2.45, 2.75) is 19.3 Å². The molecule has 0 amide bonds. The number of hydrogen-bond acceptors (Lipinski definition) is 0. The molecule has 0 saturated carbocycles. The van der Waals surface area contributed by atoms with Gasteiger partial charge in [0.05, 0.1) is 22.8 Å². The molecule has 326 valence electrons. The Morgan fingerprint density at radius 3 is 1.06 bits per heavy atom. The Labute approximate surface area is 403 Å². The first-order valence-corrected chi connectivity index (χ1v) is 24.0. The fourth-order valence-corrected chi connectivity index (χ4v) is 11.3. The number of rotatable bonds is 8. The van der Waals surface area contributed by atoms with Gasteiger partial charge in [-0.25, -0.2) is 0 Å². The van der Waals surface area contributed by atoms with Crippen LogP contribution in [0.15, 0.2) is 255 Å². The summed E-state index contributed by atoms with van der Waals surface area (Å²) in [5.41, 5.74) is 21.6. The molecule has 13 rings (SSSR count). The van der Waals surface area contributed by atoms with Gasteiger partial charge < -0.3 is 9.13 Å². The number of benzene rings is 10. The number of fused-ring (bicyclic) bond motifs is 5. The van der Waals surface area contributed by atoms with Gasteiger partial charge in [0.2, 0.25) is 0 Å². The van der Waals surface area contributed by atoms with Gasteiger partial charge in [0, 0.05) is 16.8 Å². The largest absolute Gasteiger partial charge is 0.309 e. The lowest BCUT2D eigenvalue weighted by atomic mass is 9.80. The molecule has 0 bridgehead atoms. The minimum Gasteiger partial charge on any atom is -0.309 e. The molecular formula is C67H48N2. The average Bonchev–Trinajstić information content (AvgIpc) is 4.13. The summed E-state index contributed by atoms with van der Waals surface area (Å²) in [6.07, 6.45) is 0. The van der Waals surface area contributed by atoms with E-state index in [0.29, 0.717) is 0 Å². The second kappa shape index (κ2) is 16.3. The van der Waals surface area contributed by atoms with E-state index < -0.39 is 0 Å². The third-order valence-corrected chi connectivity index (χ3v) is 14.6. The zero-order valence-corrected chi connectivity index (χ0v) is 38.6. The van der Waals surface area contributed by atoms with Crippen LogP contribution in [0.2, 0.25) is 0 Å². The molecule has 0 radical (unpaired) electrons. The zero-order valence-electron chi connectivity index (χ0n) is 38.6. The standard InChI is InChI=1S/C67H48N2/c1-67(2)59-31-19-18-30-53(59)54-35-32-50(42-60(54)67)66-56-37-34-51(68-61(45-20-8-3-9-21-45)38-39-62(68)46-22-10-4-11-23-46)43-57(56)65(49-28-16-7-17-29-49)55-36-33-52(44-58(55)66)69-63(47-24-12-5-13-25-47)40-41-64(69)48-26-14-6-15-27-48/h3-44H,1-2H3. The van der Waals surface area contributed by atoms with Gasteiger partial charge in [0.1, 0.15) is 0 Å². The van der Waals surface area contributed by atoms with E-state index in [2.05, 4.69) is 278 Å². The van der Waals surface area contributed by atoms with Crippen molar-refractivity contribution in [2.75, 3.05) is 0 Å². The van der Waals surface area contributed by atoms with Crippen LogP contribution < -0.4 is 0 Å². The first kappa shape index (κ1) is 40.5. The maximum absolute atomic E-state index is 2.50. The van der Waals surface area contributed by atoms with Gasteiger partial charge in [0.25, 0.3) is 0 Å². The van der Waals surface area contributed by atoms with Crippen LogP contribution in [0.25, 0.3) is 111 Å². The molecule has 0 aliphatic heterocycles. The van der Waals surface area contributed by atoms with Crippen molar-refractivity contribution < 1.29 is 0 Å². The minimum absolute atomic E-state index is 0.160. The molecule has 0 atom stereocenters. The molecule has 2 heterocycles. The van der Waals surface area contributed by atoms with Crippen molar-refractivity contribution in [3.8, 4) is 89.8 Å². The minimum atomic E-state index is -0.160. The topological polar surface area (TPSA) is 9.86 Å². The Morgan fingerprint density at radius 1 is 0.261 bits per heavy atom. The number of aromatic nitrogens is 2. The van der Waals surface area contributed by atoms with E-state index in [-0.39, 0.29) is 5.41 Å². The van der Waals surface area contributed by atoms with Crippen molar-refractivity contribution >= 4 is 21.5 Å². The molecule has 69 heavy (non-hydrogen) atoms. The molecule has 0 saturated heterocycles. The predicted octanol–water partition coefficient (Wildman–Crippen LogP) is 17.9. The van der Waals surface area contributed by atoms with Gasteiger partial charge in [0.15, 0.2) is 0 Å². The molecule has 12 aromatic rings. The van der Waals surface area contributed by atoms with E-state index in [9.17, 15) is 0 Å². The summed E-state index contributed by atoms with van der Waals surface area (Å²) in [4.78, 5) is 0. The Kier molecular flexibility index (Phi) is 9.55. The van der Waals surface area contributed by atoms with Crippen molar-refractivity contribution in [1.29, 1.82) is 0 Å². The zero-order chi connectivity index (χ0) is 46.1. The highest BCUT2D eigenvalue weighted by molar-refractivity contribution is 6.22. The lowest BCUT2D eigenvalue weighted by Crippen LogP contribution is -2.14. The third-order valence-electron chi connectivity index (χ3n) is 14.6. The van der Waals surface area contributed by atoms with Crippen LogP contribution in [0.4, 0.5) is 0 Å². The van der Waals surface area contributed by atoms with Crippen molar-refractivity contribution in [3.63, 3.8) is 0 Å². The maximum atomic E-state index is 2.50. The van der Waals surface area contributed by atoms with E-state index >= 15 is 0 Å². The highest BCUT2D eigenvalue weighted by atomic mass is 15.0. The molecule has 0 fully saturated rings. The summed E-state index contributed by atoms with van der Waals surface area (Å²) in [5.74, 6) is 0. The Morgan fingerprint density at radius 2 is 0.623 bits per heavy atom. The Bertz CT molecular complexity index is 3760. The van der Waals surface area contributed by atoms with E-state index in [4.69, 9.17) is 0 Å². The molecular weight excluding hydrogens is 833 g/mol. The van der Waals surface area contributed by atoms with Gasteiger partial charge in [-0.3, -0.25) is 0 Å². The SMILES string of the molecule is CC1(C)c2ccccc2-c2ccc(-c3c4ccc(-n5c(-c6ccccc6)ccc5-c5ccccc5)cc4c(-c4ccccc4)c4ccc(-n5c(-c6ccccc6)ccc5-c5ccccc5)cc34)cc21. The van der Waals surface area contributed by atoms with E-state index in [1.807, 2.05) is 0 Å². The average molecular weight is 881 g/mol. The van der Waals surface area contributed by atoms with Crippen LogP contribution in [-0.4, -0.2) is 9.13 Å². The van der Waals surface area contributed by atoms with E-state index in [1.165, 1.54) is 88.3 Å². The fraction of sp³-hybridized carbons (Fsp3) is 0.0448. The second-order valence-electron chi connectivity index (χ2n) is 18.8. The molecule has 1 aliphatic rings. The van der Waals surface area contributed by atoms with Gasteiger partial charge in [-0.05, 0) is 143 Å². The molecule has 2 heteroatoms. The van der Waals surface area contributed by atoms with Crippen molar-refractivity contribution in [1.82, 2.24) is 9.13 Å². The summed E-state index contributed by atoms with van der Waals surface area (Å²) in [5, 5.41) is 4.84. The summed E-state index contributed by atoms with van der Waals surface area (Å²) in [7, 11) is 0. The van der Waals surface area contributed by atoms with Crippen molar-refractivity contribution in [2.24, 2.45) is 0 Å². The summed E-state index contributed by atoms with van der Waals surface area (Å²) >= 11 is 0. The molecule has 0 unspecified atom stereocenters. The maximum Gasteiger partial charge on any atom is 0.0535 e. The lowest BCUT2D eigenvalue weighted by Gasteiger charge is -2.24. The van der Waals surface area contributed by atoms with E-state index in [1.54, 1.807) is 0 Å². The third kappa shape index (κ3) is 6.63. The lowest BCUT2D eigenvalue weighted by molar-refractivity contribution is 0.660. The van der Waals surface area contributed by atoms with Crippen LogP contribution in [0.3, 0.4) is 0 Å². The first-order valence-electron chi connectivity index (χ1n) is 24.0. The first-order chi connectivity index (χ1) is 34.0. The van der Waals surface area contributed by atoms with Crippen LogP contribution in [0.5, 0.6) is 0 Å². The smallest absolute Gasteiger partial charge is 0.0535 e. The van der Waals surface area contributed by atoms with Gasteiger partial charge in [-0.2, -0.15) is 0 Å². The number of nitrogens with zero attached hydrogens (tertiary/aromatic N) is 2. The highest BCUT2D eigenvalue weighted by Crippen LogP contribution is 2.52. The van der Waals surface area contributed by atoms with Crippen LogP contribution in [0, 0.1) is 0 Å². The van der Waals surface area contributed by atoms with E-state index in [0.717, 1.165) is 34.2 Å². The molecule has 1 aliphatic carbocycles. The molecule has 2 nitrogen and oxygen atoms in total. The van der Waals surface area contributed by atoms with Crippen LogP contribution in [0.1, 0.15) is 25.0 Å². The quantitative estimate of drug-likeness (QED) is 0.135. The summed E-state index contributed by atoms with van der Waals surface area (Å²) in [6.45, 7) is 4.77. The fourth-order valence-electron chi connectivity index (χ4n) is 11.3. The molecule has 0 N–H and O–H groups in total.